The molecule has 0 aromatic heterocycles. The molecule has 0 aliphatic carbocycles. The van der Waals surface area contributed by atoms with Gasteiger partial charge in [0, 0.05) is 5.02 Å². The number of nitrogen functional groups attached to an aromatic ring is 1. The lowest BCUT2D eigenvalue weighted by Gasteiger charge is -2.12. The Balaban J connectivity index is 2.41. The lowest BCUT2D eigenvalue weighted by Crippen LogP contribution is -2.14. The van der Waals surface area contributed by atoms with Crippen molar-refractivity contribution in [1.82, 2.24) is 0 Å². The van der Waals surface area contributed by atoms with Gasteiger partial charge in [0.05, 0.1) is 16.3 Å². The summed E-state index contributed by atoms with van der Waals surface area (Å²) in [5.74, 6) is 0. The van der Waals surface area contributed by atoms with Crippen molar-refractivity contribution in [3.63, 3.8) is 0 Å². The molecule has 2 aromatic rings. The minimum Gasteiger partial charge on any atom is -0.397 e. The average Bonchev–Trinajstić information content (AvgIpc) is 2.36. The predicted octanol–water partition coefficient (Wildman–Crippen LogP) is 3.34. The maximum atomic E-state index is 12.3. The molecule has 0 aliphatic rings. The normalized spacial score (nSPS) is 11.3. The van der Waals surface area contributed by atoms with Crippen LogP contribution in [-0.2, 0) is 10.0 Å². The first-order valence-corrected chi connectivity index (χ1v) is 7.81. The Morgan fingerprint density at radius 3 is 2.40 bits per heavy atom. The van der Waals surface area contributed by atoms with E-state index in [-0.39, 0.29) is 4.90 Å². The largest absolute Gasteiger partial charge is 0.397 e. The van der Waals surface area contributed by atoms with Crippen LogP contribution in [0.4, 0.5) is 11.4 Å². The van der Waals surface area contributed by atoms with Crippen LogP contribution in [0.3, 0.4) is 0 Å². The van der Waals surface area contributed by atoms with Crippen molar-refractivity contribution in [2.24, 2.45) is 0 Å². The van der Waals surface area contributed by atoms with Crippen LogP contribution in [0.25, 0.3) is 0 Å². The fourth-order valence-electron chi connectivity index (χ4n) is 1.76. The fourth-order valence-corrected chi connectivity index (χ4v) is 3.14. The van der Waals surface area contributed by atoms with E-state index < -0.39 is 10.0 Å². The third kappa shape index (κ3) is 3.05. The number of aryl methyl sites for hydroxylation is 2. The maximum absolute atomic E-state index is 12.3. The van der Waals surface area contributed by atoms with Crippen molar-refractivity contribution in [2.45, 2.75) is 18.7 Å². The van der Waals surface area contributed by atoms with E-state index in [1.807, 2.05) is 13.8 Å². The van der Waals surface area contributed by atoms with Gasteiger partial charge in [0.15, 0.2) is 0 Å². The van der Waals surface area contributed by atoms with E-state index >= 15 is 0 Å². The first kappa shape index (κ1) is 14.7. The molecule has 0 unspecified atom stereocenters. The molecule has 2 rings (SSSR count). The molecule has 0 aliphatic heterocycles. The Labute approximate surface area is 123 Å². The zero-order valence-corrected chi connectivity index (χ0v) is 12.7. The van der Waals surface area contributed by atoms with Gasteiger partial charge in [-0.1, -0.05) is 17.7 Å². The number of rotatable bonds is 3. The number of halogens is 1. The number of hydrogen-bond acceptors (Lipinski definition) is 3. The monoisotopic (exact) mass is 310 g/mol. The number of benzene rings is 2. The van der Waals surface area contributed by atoms with Gasteiger partial charge in [0.2, 0.25) is 0 Å². The van der Waals surface area contributed by atoms with E-state index in [2.05, 4.69) is 4.72 Å². The molecule has 0 heterocycles. The van der Waals surface area contributed by atoms with Crippen molar-refractivity contribution in [3.8, 4) is 0 Å². The van der Waals surface area contributed by atoms with E-state index in [9.17, 15) is 8.42 Å². The second-order valence-electron chi connectivity index (χ2n) is 4.59. The SMILES string of the molecule is Cc1cc(N)c(NS(=O)(=O)c2cccc(Cl)c2)cc1C. The van der Waals surface area contributed by atoms with Crippen LogP contribution in [0.5, 0.6) is 0 Å². The zero-order valence-electron chi connectivity index (χ0n) is 11.1. The highest BCUT2D eigenvalue weighted by Crippen LogP contribution is 2.26. The molecule has 20 heavy (non-hydrogen) atoms. The van der Waals surface area contributed by atoms with Crippen LogP contribution >= 0.6 is 11.6 Å². The molecule has 2 aromatic carbocycles. The summed E-state index contributed by atoms with van der Waals surface area (Å²) in [6.45, 7) is 3.81. The van der Waals surface area contributed by atoms with E-state index in [0.717, 1.165) is 11.1 Å². The van der Waals surface area contributed by atoms with E-state index in [4.69, 9.17) is 17.3 Å². The summed E-state index contributed by atoms with van der Waals surface area (Å²) in [7, 11) is -3.70. The minimum atomic E-state index is -3.70. The van der Waals surface area contributed by atoms with E-state index in [1.165, 1.54) is 12.1 Å². The molecule has 0 amide bonds. The third-order valence-electron chi connectivity index (χ3n) is 3.02. The molecule has 0 radical (unpaired) electrons. The van der Waals surface area contributed by atoms with Gasteiger partial charge >= 0.3 is 0 Å². The average molecular weight is 311 g/mol. The van der Waals surface area contributed by atoms with Crippen LogP contribution in [-0.4, -0.2) is 8.42 Å². The van der Waals surface area contributed by atoms with Gasteiger partial charge in [-0.25, -0.2) is 8.42 Å². The highest BCUT2D eigenvalue weighted by Gasteiger charge is 2.16. The van der Waals surface area contributed by atoms with Gasteiger partial charge in [0.25, 0.3) is 10.0 Å². The Hall–Kier alpha value is -1.72. The summed E-state index contributed by atoms with van der Waals surface area (Å²) >= 11 is 5.81. The smallest absolute Gasteiger partial charge is 0.262 e. The molecule has 3 N–H and O–H groups in total. The molecule has 0 atom stereocenters. The molecule has 0 fully saturated rings. The van der Waals surface area contributed by atoms with Crippen LogP contribution < -0.4 is 10.5 Å². The summed E-state index contributed by atoms with van der Waals surface area (Å²) in [4.78, 5) is 0.0997. The maximum Gasteiger partial charge on any atom is 0.262 e. The Kier molecular flexibility index (Phi) is 3.92. The van der Waals surface area contributed by atoms with E-state index in [1.54, 1.807) is 24.3 Å². The van der Waals surface area contributed by atoms with Crippen molar-refractivity contribution in [1.29, 1.82) is 0 Å². The number of hydrogen-bond donors (Lipinski definition) is 2. The summed E-state index contributed by atoms with van der Waals surface area (Å²) in [5.41, 5.74) is 8.58. The van der Waals surface area contributed by atoms with E-state index in [0.29, 0.717) is 16.4 Å². The number of nitrogens with two attached hydrogens (primary N) is 1. The quantitative estimate of drug-likeness (QED) is 0.854. The third-order valence-corrected chi connectivity index (χ3v) is 4.61. The Morgan fingerprint density at radius 1 is 1.10 bits per heavy atom. The number of sulfonamides is 1. The van der Waals surface area contributed by atoms with Crippen LogP contribution in [0.1, 0.15) is 11.1 Å². The van der Waals surface area contributed by atoms with Gasteiger partial charge in [-0.3, -0.25) is 4.72 Å². The van der Waals surface area contributed by atoms with Crippen LogP contribution in [0.2, 0.25) is 5.02 Å². The summed E-state index contributed by atoms with van der Waals surface area (Å²) in [6.07, 6.45) is 0. The molecule has 4 nitrogen and oxygen atoms in total. The van der Waals surface area contributed by atoms with Crippen LogP contribution in [0.15, 0.2) is 41.3 Å². The summed E-state index contributed by atoms with van der Waals surface area (Å²) in [5, 5.41) is 0.362. The summed E-state index contributed by atoms with van der Waals surface area (Å²) in [6, 6.07) is 9.52. The van der Waals surface area contributed by atoms with Crippen molar-refractivity contribution in [3.05, 3.63) is 52.5 Å². The molecule has 0 bridgehead atoms. The highest BCUT2D eigenvalue weighted by atomic mass is 35.5. The lowest BCUT2D eigenvalue weighted by molar-refractivity contribution is 0.601. The van der Waals surface area contributed by atoms with Crippen molar-refractivity contribution < 1.29 is 8.42 Å². The molecule has 106 valence electrons. The van der Waals surface area contributed by atoms with Gasteiger partial charge in [-0.05, 0) is 55.3 Å². The first-order valence-electron chi connectivity index (χ1n) is 5.95. The standard InChI is InChI=1S/C14H15ClN2O2S/c1-9-6-13(16)14(7-10(9)2)17-20(18,19)12-5-3-4-11(15)8-12/h3-8,17H,16H2,1-2H3. The molecule has 6 heteroatoms. The summed E-state index contributed by atoms with van der Waals surface area (Å²) < 4.78 is 27.0. The molecular weight excluding hydrogens is 296 g/mol. The topological polar surface area (TPSA) is 72.2 Å². The number of anilines is 2. The molecule has 0 saturated heterocycles. The second kappa shape index (κ2) is 5.34. The van der Waals surface area contributed by atoms with Gasteiger partial charge in [-0.15, -0.1) is 0 Å². The molecular formula is C14H15ClN2O2S. The Bertz CT molecular complexity index is 758. The highest BCUT2D eigenvalue weighted by molar-refractivity contribution is 7.92. The van der Waals surface area contributed by atoms with Crippen molar-refractivity contribution >= 4 is 33.0 Å². The minimum absolute atomic E-state index is 0.0997. The van der Waals surface area contributed by atoms with Crippen LogP contribution in [0, 0.1) is 13.8 Å². The molecule has 0 saturated carbocycles. The number of nitrogens with one attached hydrogen (secondary N) is 1. The first-order chi connectivity index (χ1) is 9.29. The van der Waals surface area contributed by atoms with Gasteiger partial charge < -0.3 is 5.73 Å². The predicted molar refractivity (Wildman–Crippen MR) is 82.6 cm³/mol. The zero-order chi connectivity index (χ0) is 14.9. The second-order valence-corrected chi connectivity index (χ2v) is 6.71. The molecule has 0 spiro atoms. The van der Waals surface area contributed by atoms with Crippen molar-refractivity contribution in [2.75, 3.05) is 10.5 Å². The Morgan fingerprint density at radius 2 is 1.75 bits per heavy atom. The van der Waals surface area contributed by atoms with Gasteiger partial charge in [-0.2, -0.15) is 0 Å². The lowest BCUT2D eigenvalue weighted by atomic mass is 10.1. The van der Waals surface area contributed by atoms with Gasteiger partial charge in [0.1, 0.15) is 0 Å². The fraction of sp³-hybridized carbons (Fsp3) is 0.143.